The Hall–Kier alpha value is -2.88. The second-order valence-electron chi connectivity index (χ2n) is 7.33. The number of anilines is 1. The molecule has 1 N–H and O–H groups in total. The Bertz CT molecular complexity index is 869. The van der Waals surface area contributed by atoms with Gasteiger partial charge in [-0.05, 0) is 35.6 Å². The van der Waals surface area contributed by atoms with E-state index in [-0.39, 0.29) is 11.0 Å². The first-order valence-electron chi connectivity index (χ1n) is 8.20. The summed E-state index contributed by atoms with van der Waals surface area (Å²) >= 11 is 0. The van der Waals surface area contributed by atoms with Crippen molar-refractivity contribution in [3.63, 3.8) is 0 Å². The lowest BCUT2D eigenvalue weighted by Crippen LogP contribution is -2.31. The van der Waals surface area contributed by atoms with Crippen molar-refractivity contribution in [2.45, 2.75) is 33.1 Å². The van der Waals surface area contributed by atoms with E-state index < -0.39 is 17.6 Å². The Kier molecular flexibility index (Phi) is 3.99. The smallest absolute Gasteiger partial charge is 0.301 e. The average molecular weight is 335 g/mol. The first kappa shape index (κ1) is 17.0. The second kappa shape index (κ2) is 5.88. The van der Waals surface area contributed by atoms with E-state index in [0.29, 0.717) is 11.3 Å². The van der Waals surface area contributed by atoms with Crippen LogP contribution in [0.4, 0.5) is 5.69 Å². The molecule has 0 saturated carbocycles. The monoisotopic (exact) mass is 335 g/mol. The molecule has 0 aliphatic carbocycles. The van der Waals surface area contributed by atoms with Crippen molar-refractivity contribution in [1.82, 2.24) is 0 Å². The van der Waals surface area contributed by atoms with Crippen molar-refractivity contribution in [2.24, 2.45) is 0 Å². The maximum absolute atomic E-state index is 12.8. The molecule has 0 bridgehead atoms. The molecule has 0 atom stereocenters. The zero-order valence-corrected chi connectivity index (χ0v) is 14.8. The van der Waals surface area contributed by atoms with Crippen LogP contribution in [-0.2, 0) is 15.0 Å². The van der Waals surface area contributed by atoms with E-state index in [1.807, 2.05) is 31.2 Å². The summed E-state index contributed by atoms with van der Waals surface area (Å²) in [6, 6.07) is 14.4. The van der Waals surface area contributed by atoms with Gasteiger partial charge in [0.05, 0.1) is 11.3 Å². The van der Waals surface area contributed by atoms with Crippen molar-refractivity contribution in [2.75, 3.05) is 4.90 Å². The Morgan fingerprint density at radius 3 is 1.92 bits per heavy atom. The second-order valence-corrected chi connectivity index (χ2v) is 7.33. The van der Waals surface area contributed by atoms with Crippen LogP contribution in [0.15, 0.2) is 54.3 Å². The molecule has 0 spiro atoms. The predicted molar refractivity (Wildman–Crippen MR) is 98.4 cm³/mol. The quantitative estimate of drug-likeness (QED) is 0.839. The molecule has 2 aromatic carbocycles. The van der Waals surface area contributed by atoms with E-state index in [1.165, 1.54) is 0 Å². The summed E-state index contributed by atoms with van der Waals surface area (Å²) in [5, 5.41) is 10.2. The number of carbonyl (C=O) groups is 2. The number of aliphatic hydroxyl groups is 1. The van der Waals surface area contributed by atoms with Crippen LogP contribution in [0.1, 0.15) is 37.5 Å². The molecule has 0 unspecified atom stereocenters. The van der Waals surface area contributed by atoms with Crippen LogP contribution in [0, 0.1) is 6.92 Å². The molecular formula is C21H21NO3. The van der Waals surface area contributed by atoms with Gasteiger partial charge >= 0.3 is 5.91 Å². The Balaban J connectivity index is 1.97. The lowest BCUT2D eigenvalue weighted by atomic mass is 9.87. The summed E-state index contributed by atoms with van der Waals surface area (Å²) in [5.74, 6) is -1.70. The highest BCUT2D eigenvalue weighted by molar-refractivity contribution is 6.44. The van der Waals surface area contributed by atoms with Gasteiger partial charge in [0.15, 0.2) is 5.76 Å². The summed E-state index contributed by atoms with van der Waals surface area (Å²) in [6.07, 6.45) is 0. The first-order valence-corrected chi connectivity index (χ1v) is 8.20. The number of aliphatic hydroxyl groups excluding tert-OH is 1. The third-order valence-corrected chi connectivity index (χ3v) is 4.39. The van der Waals surface area contributed by atoms with Gasteiger partial charge in [-0.15, -0.1) is 0 Å². The molecule has 2 amide bonds. The van der Waals surface area contributed by atoms with Crippen molar-refractivity contribution in [3.05, 3.63) is 71.0 Å². The van der Waals surface area contributed by atoms with E-state index >= 15 is 0 Å². The Morgan fingerprint density at radius 2 is 1.40 bits per heavy atom. The zero-order valence-electron chi connectivity index (χ0n) is 14.8. The van der Waals surface area contributed by atoms with Gasteiger partial charge in [0, 0.05) is 0 Å². The third-order valence-electron chi connectivity index (χ3n) is 4.39. The summed E-state index contributed by atoms with van der Waals surface area (Å²) in [5.41, 5.74) is 3.16. The molecule has 4 heteroatoms. The minimum atomic E-state index is -0.691. The van der Waals surface area contributed by atoms with Gasteiger partial charge in [0.2, 0.25) is 0 Å². The van der Waals surface area contributed by atoms with Gasteiger partial charge < -0.3 is 5.11 Å². The number of benzene rings is 2. The minimum absolute atomic E-state index is 0.0228. The summed E-state index contributed by atoms with van der Waals surface area (Å²) in [7, 11) is 0. The first-order chi connectivity index (χ1) is 11.7. The van der Waals surface area contributed by atoms with E-state index in [2.05, 4.69) is 20.8 Å². The number of nitrogens with zero attached hydrogens (tertiary/aromatic N) is 1. The lowest BCUT2D eigenvalue weighted by molar-refractivity contribution is -0.121. The molecular weight excluding hydrogens is 314 g/mol. The SMILES string of the molecule is Cc1ccc(C2=C(O)C(=O)N(c3ccc(C(C)(C)C)cc3)C2=O)cc1. The highest BCUT2D eigenvalue weighted by Gasteiger charge is 2.40. The molecule has 4 nitrogen and oxygen atoms in total. The number of amides is 2. The van der Waals surface area contributed by atoms with Crippen LogP contribution in [0.25, 0.3) is 5.57 Å². The maximum Gasteiger partial charge on any atom is 0.301 e. The Labute approximate surface area is 147 Å². The van der Waals surface area contributed by atoms with Crippen molar-refractivity contribution in [1.29, 1.82) is 0 Å². The largest absolute Gasteiger partial charge is 0.502 e. The van der Waals surface area contributed by atoms with Crippen molar-refractivity contribution < 1.29 is 14.7 Å². The lowest BCUT2D eigenvalue weighted by Gasteiger charge is -2.21. The van der Waals surface area contributed by atoms with Gasteiger partial charge in [-0.3, -0.25) is 9.59 Å². The molecule has 1 aliphatic rings. The van der Waals surface area contributed by atoms with E-state index in [0.717, 1.165) is 16.0 Å². The highest BCUT2D eigenvalue weighted by atomic mass is 16.3. The maximum atomic E-state index is 12.8. The van der Waals surface area contributed by atoms with Crippen molar-refractivity contribution in [3.8, 4) is 0 Å². The average Bonchev–Trinajstić information content (AvgIpc) is 2.78. The van der Waals surface area contributed by atoms with Gasteiger partial charge in [-0.2, -0.15) is 0 Å². The van der Waals surface area contributed by atoms with Crippen LogP contribution in [0.3, 0.4) is 0 Å². The number of imide groups is 1. The zero-order chi connectivity index (χ0) is 18.4. The fraction of sp³-hybridized carbons (Fsp3) is 0.238. The van der Waals surface area contributed by atoms with Crippen LogP contribution < -0.4 is 4.90 Å². The molecule has 1 aliphatic heterocycles. The normalized spacial score (nSPS) is 15.3. The third kappa shape index (κ3) is 2.95. The van der Waals surface area contributed by atoms with E-state index in [1.54, 1.807) is 24.3 Å². The fourth-order valence-corrected chi connectivity index (χ4v) is 2.84. The molecule has 128 valence electrons. The van der Waals surface area contributed by atoms with Crippen LogP contribution >= 0.6 is 0 Å². The highest BCUT2D eigenvalue weighted by Crippen LogP contribution is 2.33. The number of carbonyl (C=O) groups excluding carboxylic acids is 2. The van der Waals surface area contributed by atoms with Gasteiger partial charge in [-0.25, -0.2) is 4.90 Å². The Morgan fingerprint density at radius 1 is 0.840 bits per heavy atom. The summed E-state index contributed by atoms with van der Waals surface area (Å²) in [4.78, 5) is 26.3. The molecule has 0 fully saturated rings. The van der Waals surface area contributed by atoms with E-state index in [9.17, 15) is 14.7 Å². The topological polar surface area (TPSA) is 57.6 Å². The van der Waals surface area contributed by atoms with Crippen molar-refractivity contribution >= 4 is 23.1 Å². The molecule has 0 saturated heterocycles. The standard InChI is InChI=1S/C21H21NO3/c1-13-5-7-14(8-6-13)17-18(23)20(25)22(19(17)24)16-11-9-15(10-12-16)21(2,3)4/h5-12,23H,1-4H3. The van der Waals surface area contributed by atoms with Crippen LogP contribution in [-0.4, -0.2) is 16.9 Å². The molecule has 3 rings (SSSR count). The van der Waals surface area contributed by atoms with Gasteiger partial charge in [0.1, 0.15) is 0 Å². The molecule has 0 radical (unpaired) electrons. The number of aryl methyl sites for hydroxylation is 1. The van der Waals surface area contributed by atoms with E-state index in [4.69, 9.17) is 0 Å². The fourth-order valence-electron chi connectivity index (χ4n) is 2.84. The molecule has 0 aromatic heterocycles. The van der Waals surface area contributed by atoms with Gasteiger partial charge in [-0.1, -0.05) is 62.7 Å². The summed E-state index contributed by atoms with van der Waals surface area (Å²) in [6.45, 7) is 8.22. The molecule has 25 heavy (non-hydrogen) atoms. The van der Waals surface area contributed by atoms with Crippen LogP contribution in [0.5, 0.6) is 0 Å². The minimum Gasteiger partial charge on any atom is -0.502 e. The number of hydrogen-bond donors (Lipinski definition) is 1. The molecule has 1 heterocycles. The predicted octanol–water partition coefficient (Wildman–Crippen LogP) is 4.14. The van der Waals surface area contributed by atoms with Crippen LogP contribution in [0.2, 0.25) is 0 Å². The number of rotatable bonds is 2. The number of hydrogen-bond acceptors (Lipinski definition) is 3. The van der Waals surface area contributed by atoms with Gasteiger partial charge in [0.25, 0.3) is 5.91 Å². The molecule has 2 aromatic rings. The summed E-state index contributed by atoms with van der Waals surface area (Å²) < 4.78 is 0.